The van der Waals surface area contributed by atoms with Crippen LogP contribution in [0.4, 0.5) is 4.39 Å². The van der Waals surface area contributed by atoms with Crippen molar-refractivity contribution < 1.29 is 9.18 Å². The highest BCUT2D eigenvalue weighted by Gasteiger charge is 2.34. The van der Waals surface area contributed by atoms with Gasteiger partial charge in [-0.25, -0.2) is 4.39 Å². The summed E-state index contributed by atoms with van der Waals surface area (Å²) in [6.45, 7) is 3.38. The van der Waals surface area contributed by atoms with E-state index in [4.69, 9.17) is 0 Å². The number of halogens is 1. The van der Waals surface area contributed by atoms with Crippen molar-refractivity contribution in [2.45, 2.75) is 44.6 Å². The molecule has 0 N–H and O–H groups in total. The number of likely N-dealkylation sites (tertiary alicyclic amines) is 1. The predicted octanol–water partition coefficient (Wildman–Crippen LogP) is 3.69. The van der Waals surface area contributed by atoms with Gasteiger partial charge in [-0.05, 0) is 37.5 Å². The average Bonchev–Trinajstić information content (AvgIpc) is 3.16. The van der Waals surface area contributed by atoms with Crippen LogP contribution in [0.3, 0.4) is 0 Å². The minimum Gasteiger partial charge on any atom is -0.337 e. The molecule has 1 aromatic carbocycles. The van der Waals surface area contributed by atoms with E-state index in [1.165, 1.54) is 25.0 Å². The molecule has 5 heteroatoms. The smallest absolute Gasteiger partial charge is 0.257 e. The van der Waals surface area contributed by atoms with Crippen LogP contribution in [0, 0.1) is 12.7 Å². The Labute approximate surface area is 141 Å². The van der Waals surface area contributed by atoms with Crippen molar-refractivity contribution in [2.24, 2.45) is 0 Å². The Morgan fingerprint density at radius 2 is 1.83 bits per heavy atom. The fourth-order valence-corrected chi connectivity index (χ4v) is 3.91. The summed E-state index contributed by atoms with van der Waals surface area (Å²) in [5, 5.41) is 4.47. The highest BCUT2D eigenvalue weighted by atomic mass is 19.1. The maximum atomic E-state index is 13.0. The minimum atomic E-state index is -0.221. The van der Waals surface area contributed by atoms with Crippen LogP contribution < -0.4 is 0 Å². The lowest BCUT2D eigenvalue weighted by atomic mass is 9.91. The summed E-state index contributed by atoms with van der Waals surface area (Å²) in [6.07, 6.45) is 6.54. The van der Waals surface area contributed by atoms with Gasteiger partial charge in [0.2, 0.25) is 0 Å². The predicted molar refractivity (Wildman–Crippen MR) is 89.5 cm³/mol. The highest BCUT2D eigenvalue weighted by molar-refractivity contribution is 5.95. The third-order valence-electron chi connectivity index (χ3n) is 5.46. The standard InChI is InChI=1S/C19H22FN3O/c1-13-18(10-21-23(13)17-4-2-3-5-17)19(24)22-11-15(12-22)14-6-8-16(20)9-7-14/h6-10,15,17H,2-5,11-12H2,1H3. The molecule has 0 atom stereocenters. The average molecular weight is 327 g/mol. The molecule has 1 saturated carbocycles. The largest absolute Gasteiger partial charge is 0.337 e. The molecule has 2 aliphatic rings. The van der Waals surface area contributed by atoms with Crippen LogP contribution in [0.1, 0.15) is 59.3 Å². The van der Waals surface area contributed by atoms with E-state index in [1.54, 1.807) is 6.20 Å². The molecule has 1 aliphatic carbocycles. The first-order valence-corrected chi connectivity index (χ1v) is 8.72. The summed E-state index contributed by atoms with van der Waals surface area (Å²) in [6, 6.07) is 7.04. The molecule has 1 aliphatic heterocycles. The van der Waals surface area contributed by atoms with Gasteiger partial charge in [-0.3, -0.25) is 9.48 Å². The number of hydrogen-bond acceptors (Lipinski definition) is 2. The van der Waals surface area contributed by atoms with E-state index in [9.17, 15) is 9.18 Å². The zero-order chi connectivity index (χ0) is 16.7. The van der Waals surface area contributed by atoms with Gasteiger partial charge in [0.1, 0.15) is 5.82 Å². The van der Waals surface area contributed by atoms with E-state index in [0.29, 0.717) is 25.0 Å². The molecule has 4 rings (SSSR count). The van der Waals surface area contributed by atoms with Crippen LogP contribution in [-0.2, 0) is 0 Å². The quantitative estimate of drug-likeness (QED) is 0.862. The van der Waals surface area contributed by atoms with E-state index in [2.05, 4.69) is 5.10 Å². The number of nitrogens with zero attached hydrogens (tertiary/aromatic N) is 3. The number of carbonyl (C=O) groups is 1. The van der Waals surface area contributed by atoms with Gasteiger partial charge in [0.25, 0.3) is 5.91 Å². The van der Waals surface area contributed by atoms with Crippen LogP contribution in [0.5, 0.6) is 0 Å². The van der Waals surface area contributed by atoms with Gasteiger partial charge in [-0.1, -0.05) is 25.0 Å². The first kappa shape index (κ1) is 15.4. The number of benzene rings is 1. The fraction of sp³-hybridized carbons (Fsp3) is 0.474. The third-order valence-corrected chi connectivity index (χ3v) is 5.46. The summed E-state index contributed by atoms with van der Waals surface area (Å²) in [4.78, 5) is 14.6. The second-order valence-electron chi connectivity index (χ2n) is 6.99. The van der Waals surface area contributed by atoms with E-state index >= 15 is 0 Å². The molecule has 126 valence electrons. The monoisotopic (exact) mass is 327 g/mol. The van der Waals surface area contributed by atoms with Crippen LogP contribution in [0.15, 0.2) is 30.5 Å². The number of aromatic nitrogens is 2. The molecule has 0 spiro atoms. The normalized spacial score (nSPS) is 18.8. The number of hydrogen-bond donors (Lipinski definition) is 0. The second kappa shape index (κ2) is 6.04. The van der Waals surface area contributed by atoms with E-state index in [1.807, 2.05) is 28.6 Å². The van der Waals surface area contributed by atoms with Crippen molar-refractivity contribution in [3.8, 4) is 0 Å². The Kier molecular flexibility index (Phi) is 3.87. The second-order valence-corrected chi connectivity index (χ2v) is 6.99. The highest BCUT2D eigenvalue weighted by Crippen LogP contribution is 2.32. The van der Waals surface area contributed by atoms with Gasteiger partial charge >= 0.3 is 0 Å². The lowest BCUT2D eigenvalue weighted by Gasteiger charge is -2.39. The van der Waals surface area contributed by atoms with Crippen LogP contribution in [0.25, 0.3) is 0 Å². The van der Waals surface area contributed by atoms with Gasteiger partial charge in [0, 0.05) is 24.7 Å². The number of amides is 1. The van der Waals surface area contributed by atoms with Crippen LogP contribution in [-0.4, -0.2) is 33.7 Å². The third kappa shape index (κ3) is 2.62. The number of carbonyl (C=O) groups excluding carboxylic acids is 1. The lowest BCUT2D eigenvalue weighted by molar-refractivity contribution is 0.0601. The molecular formula is C19H22FN3O. The van der Waals surface area contributed by atoms with Crippen LogP contribution in [0.2, 0.25) is 0 Å². The van der Waals surface area contributed by atoms with Gasteiger partial charge in [-0.15, -0.1) is 0 Å². The van der Waals surface area contributed by atoms with Crippen molar-refractivity contribution in [2.75, 3.05) is 13.1 Å². The van der Waals surface area contributed by atoms with E-state index in [0.717, 1.165) is 29.7 Å². The fourth-order valence-electron chi connectivity index (χ4n) is 3.91. The Hall–Kier alpha value is -2.17. The Bertz CT molecular complexity index is 740. The molecule has 2 aromatic rings. The molecule has 0 radical (unpaired) electrons. The van der Waals surface area contributed by atoms with Gasteiger partial charge in [0.05, 0.1) is 17.8 Å². The first-order valence-electron chi connectivity index (χ1n) is 8.72. The van der Waals surface area contributed by atoms with Gasteiger partial charge < -0.3 is 4.90 Å². The van der Waals surface area contributed by atoms with Crippen molar-refractivity contribution in [1.82, 2.24) is 14.7 Å². The molecular weight excluding hydrogens is 305 g/mol. The minimum absolute atomic E-state index is 0.0649. The Morgan fingerprint density at radius 3 is 2.50 bits per heavy atom. The van der Waals surface area contributed by atoms with E-state index < -0.39 is 0 Å². The molecule has 0 unspecified atom stereocenters. The first-order chi connectivity index (χ1) is 11.6. The molecule has 4 nitrogen and oxygen atoms in total. The topological polar surface area (TPSA) is 38.1 Å². The summed E-state index contributed by atoms with van der Waals surface area (Å²) in [7, 11) is 0. The molecule has 24 heavy (non-hydrogen) atoms. The molecule has 0 bridgehead atoms. The van der Waals surface area contributed by atoms with Crippen molar-refractivity contribution in [1.29, 1.82) is 0 Å². The van der Waals surface area contributed by atoms with Crippen molar-refractivity contribution >= 4 is 5.91 Å². The maximum Gasteiger partial charge on any atom is 0.257 e. The van der Waals surface area contributed by atoms with Gasteiger partial charge in [0.15, 0.2) is 0 Å². The molecule has 2 fully saturated rings. The van der Waals surface area contributed by atoms with Crippen molar-refractivity contribution in [3.63, 3.8) is 0 Å². The maximum absolute atomic E-state index is 13.0. The lowest BCUT2D eigenvalue weighted by Crippen LogP contribution is -2.48. The SMILES string of the molecule is Cc1c(C(=O)N2CC(c3ccc(F)cc3)C2)cnn1C1CCCC1. The molecule has 1 aromatic heterocycles. The molecule has 1 saturated heterocycles. The Balaban J connectivity index is 1.43. The summed E-state index contributed by atoms with van der Waals surface area (Å²) >= 11 is 0. The van der Waals surface area contributed by atoms with Crippen LogP contribution >= 0.6 is 0 Å². The molecule has 2 heterocycles. The molecule has 1 amide bonds. The summed E-state index contributed by atoms with van der Waals surface area (Å²) in [5.74, 6) is 0.149. The van der Waals surface area contributed by atoms with Crippen molar-refractivity contribution in [3.05, 3.63) is 53.1 Å². The summed E-state index contributed by atoms with van der Waals surface area (Å²) in [5.41, 5.74) is 2.80. The van der Waals surface area contributed by atoms with Gasteiger partial charge in [-0.2, -0.15) is 5.10 Å². The zero-order valence-corrected chi connectivity index (χ0v) is 13.9. The zero-order valence-electron chi connectivity index (χ0n) is 13.9. The number of rotatable bonds is 3. The van der Waals surface area contributed by atoms with E-state index in [-0.39, 0.29) is 11.7 Å². The summed E-state index contributed by atoms with van der Waals surface area (Å²) < 4.78 is 15.0. The Morgan fingerprint density at radius 1 is 1.17 bits per heavy atom.